The van der Waals surface area contributed by atoms with Crippen molar-refractivity contribution in [1.82, 2.24) is 19.7 Å². The van der Waals surface area contributed by atoms with Crippen LogP contribution in [-0.4, -0.2) is 38.2 Å². The molecule has 0 saturated carbocycles. The number of nitrogens with zero attached hydrogens (tertiary/aromatic N) is 4. The second kappa shape index (κ2) is 7.09. The average molecular weight is 347 g/mol. The smallest absolute Gasteiger partial charge is 0.240 e. The lowest BCUT2D eigenvalue weighted by atomic mass is 10.1. The molecule has 132 valence electrons. The highest BCUT2D eigenvalue weighted by atomic mass is 16.2. The lowest BCUT2D eigenvalue weighted by Crippen LogP contribution is -2.47. The first-order valence-electron chi connectivity index (χ1n) is 8.78. The summed E-state index contributed by atoms with van der Waals surface area (Å²) in [6.45, 7) is 1.74. The van der Waals surface area contributed by atoms with Crippen molar-refractivity contribution >= 4 is 5.91 Å². The topological polar surface area (TPSA) is 77.0 Å². The zero-order chi connectivity index (χ0) is 17.9. The summed E-state index contributed by atoms with van der Waals surface area (Å²) in [6, 6.07) is 19.3. The fraction of sp³-hybridized carbons (Fsp3) is 0.250. The molecule has 2 heterocycles. The monoisotopic (exact) mass is 347 g/mol. The summed E-state index contributed by atoms with van der Waals surface area (Å²) in [5.41, 5.74) is 8.27. The van der Waals surface area contributed by atoms with Crippen LogP contribution in [0, 0.1) is 0 Å². The molecule has 0 saturated heterocycles. The molecular formula is C20H21N5O. The van der Waals surface area contributed by atoms with E-state index in [-0.39, 0.29) is 5.91 Å². The minimum Gasteiger partial charge on any atom is -0.332 e. The number of fused-ring (bicyclic) bond motifs is 1. The number of benzene rings is 2. The zero-order valence-electron chi connectivity index (χ0n) is 14.5. The highest BCUT2D eigenvalue weighted by molar-refractivity contribution is 5.82. The number of hydrogen-bond acceptors (Lipinski definition) is 4. The third-order valence-electron chi connectivity index (χ3n) is 4.71. The van der Waals surface area contributed by atoms with Gasteiger partial charge in [-0.1, -0.05) is 60.7 Å². The van der Waals surface area contributed by atoms with Gasteiger partial charge in [0.1, 0.15) is 0 Å². The molecule has 3 aromatic rings. The number of carbonyl (C=O) groups excluding carboxylic acids is 1. The molecule has 6 heteroatoms. The summed E-state index contributed by atoms with van der Waals surface area (Å²) in [5.74, 6) is 1.61. The lowest BCUT2D eigenvalue weighted by Gasteiger charge is -2.30. The highest BCUT2D eigenvalue weighted by Gasteiger charge is 2.28. The Morgan fingerprint density at radius 2 is 1.69 bits per heavy atom. The van der Waals surface area contributed by atoms with Crippen molar-refractivity contribution in [3.63, 3.8) is 0 Å². The van der Waals surface area contributed by atoms with Crippen LogP contribution in [0.4, 0.5) is 0 Å². The normalized spacial score (nSPS) is 14.7. The van der Waals surface area contributed by atoms with Gasteiger partial charge in [-0.25, -0.2) is 0 Å². The maximum absolute atomic E-state index is 12.7. The van der Waals surface area contributed by atoms with Crippen LogP contribution in [-0.2, 0) is 24.3 Å². The number of nitrogens with two attached hydrogens (primary N) is 1. The molecule has 0 radical (unpaired) electrons. The van der Waals surface area contributed by atoms with E-state index in [0.717, 1.165) is 22.8 Å². The summed E-state index contributed by atoms with van der Waals surface area (Å²) >= 11 is 0. The quantitative estimate of drug-likeness (QED) is 0.781. The van der Waals surface area contributed by atoms with Crippen molar-refractivity contribution in [1.29, 1.82) is 0 Å². The predicted octanol–water partition coefficient (Wildman–Crippen LogP) is 1.86. The van der Waals surface area contributed by atoms with Crippen molar-refractivity contribution in [2.24, 2.45) is 5.73 Å². The Morgan fingerprint density at radius 3 is 2.42 bits per heavy atom. The second-order valence-electron chi connectivity index (χ2n) is 6.51. The summed E-state index contributed by atoms with van der Waals surface area (Å²) in [4.78, 5) is 14.5. The molecule has 1 aliphatic rings. The van der Waals surface area contributed by atoms with Crippen molar-refractivity contribution < 1.29 is 4.79 Å². The maximum atomic E-state index is 12.7. The Hall–Kier alpha value is -2.99. The molecule has 2 aromatic carbocycles. The summed E-state index contributed by atoms with van der Waals surface area (Å²) in [7, 11) is 0. The molecule has 1 aliphatic heterocycles. The van der Waals surface area contributed by atoms with Gasteiger partial charge in [-0.15, -0.1) is 10.2 Å². The SMILES string of the molecule is NC(Cc1ccccc1)C(=O)N1CCn2c(nnc2-c2ccccc2)C1. The first-order valence-corrected chi connectivity index (χ1v) is 8.78. The van der Waals surface area contributed by atoms with Crippen LogP contribution < -0.4 is 5.73 Å². The Morgan fingerprint density at radius 1 is 1.00 bits per heavy atom. The van der Waals surface area contributed by atoms with Crippen LogP contribution in [0.2, 0.25) is 0 Å². The fourth-order valence-electron chi connectivity index (χ4n) is 3.34. The molecule has 26 heavy (non-hydrogen) atoms. The largest absolute Gasteiger partial charge is 0.332 e. The van der Waals surface area contributed by atoms with Gasteiger partial charge >= 0.3 is 0 Å². The molecule has 1 atom stereocenters. The van der Waals surface area contributed by atoms with Crippen LogP contribution in [0.1, 0.15) is 11.4 Å². The maximum Gasteiger partial charge on any atom is 0.240 e. The molecule has 0 aliphatic carbocycles. The van der Waals surface area contributed by atoms with Gasteiger partial charge in [-0.2, -0.15) is 0 Å². The number of rotatable bonds is 4. The Bertz CT molecular complexity index is 891. The van der Waals surface area contributed by atoms with E-state index < -0.39 is 6.04 Å². The van der Waals surface area contributed by atoms with Crippen LogP contribution in [0.3, 0.4) is 0 Å². The zero-order valence-corrected chi connectivity index (χ0v) is 14.5. The Kier molecular flexibility index (Phi) is 4.50. The molecule has 1 amide bonds. The average Bonchev–Trinajstić information content (AvgIpc) is 3.12. The van der Waals surface area contributed by atoms with E-state index in [4.69, 9.17) is 5.73 Å². The van der Waals surface area contributed by atoms with E-state index in [1.807, 2.05) is 60.7 Å². The van der Waals surface area contributed by atoms with E-state index in [1.165, 1.54) is 0 Å². The minimum absolute atomic E-state index is 0.0376. The Labute approximate surface area is 152 Å². The molecule has 1 unspecified atom stereocenters. The third kappa shape index (κ3) is 3.23. The van der Waals surface area contributed by atoms with Crippen molar-refractivity contribution in [3.8, 4) is 11.4 Å². The van der Waals surface area contributed by atoms with E-state index in [2.05, 4.69) is 14.8 Å². The number of carbonyl (C=O) groups is 1. The highest BCUT2D eigenvalue weighted by Crippen LogP contribution is 2.21. The van der Waals surface area contributed by atoms with Gasteiger partial charge in [0, 0.05) is 18.7 Å². The Balaban J connectivity index is 1.47. The standard InChI is InChI=1S/C20H21N5O/c21-17(13-15-7-3-1-4-8-15)20(26)24-11-12-25-18(14-24)22-23-19(25)16-9-5-2-6-10-16/h1-10,17H,11-14,21H2. The van der Waals surface area contributed by atoms with Crippen molar-refractivity contribution in [2.75, 3.05) is 6.54 Å². The van der Waals surface area contributed by atoms with Crippen molar-refractivity contribution in [2.45, 2.75) is 25.6 Å². The molecule has 0 fully saturated rings. The summed E-state index contributed by atoms with van der Waals surface area (Å²) in [5, 5.41) is 8.61. The molecule has 6 nitrogen and oxygen atoms in total. The van der Waals surface area contributed by atoms with Gasteiger partial charge in [-0.05, 0) is 12.0 Å². The molecule has 0 bridgehead atoms. The van der Waals surface area contributed by atoms with Crippen LogP contribution >= 0.6 is 0 Å². The van der Waals surface area contributed by atoms with Gasteiger partial charge in [0.25, 0.3) is 0 Å². The molecule has 4 rings (SSSR count). The second-order valence-corrected chi connectivity index (χ2v) is 6.51. The van der Waals surface area contributed by atoms with Crippen molar-refractivity contribution in [3.05, 3.63) is 72.1 Å². The number of hydrogen-bond donors (Lipinski definition) is 1. The van der Waals surface area contributed by atoms with E-state index in [1.54, 1.807) is 4.90 Å². The molecular weight excluding hydrogens is 326 g/mol. The van der Waals surface area contributed by atoms with E-state index in [9.17, 15) is 4.79 Å². The van der Waals surface area contributed by atoms with Gasteiger partial charge in [0.2, 0.25) is 5.91 Å². The van der Waals surface area contributed by atoms with Crippen LogP contribution in [0.5, 0.6) is 0 Å². The fourth-order valence-corrected chi connectivity index (χ4v) is 3.34. The molecule has 0 spiro atoms. The van der Waals surface area contributed by atoms with Gasteiger partial charge in [-0.3, -0.25) is 4.79 Å². The van der Waals surface area contributed by atoms with Gasteiger partial charge in [0.15, 0.2) is 11.6 Å². The van der Waals surface area contributed by atoms with Gasteiger partial charge < -0.3 is 15.2 Å². The number of aromatic nitrogens is 3. The lowest BCUT2D eigenvalue weighted by molar-refractivity contribution is -0.134. The molecule has 1 aromatic heterocycles. The summed E-state index contributed by atoms with van der Waals surface area (Å²) < 4.78 is 2.09. The first-order chi connectivity index (χ1) is 12.7. The van der Waals surface area contributed by atoms with E-state index >= 15 is 0 Å². The van der Waals surface area contributed by atoms with Crippen LogP contribution in [0.25, 0.3) is 11.4 Å². The summed E-state index contributed by atoms with van der Waals surface area (Å²) in [6.07, 6.45) is 0.540. The van der Waals surface area contributed by atoms with Crippen LogP contribution in [0.15, 0.2) is 60.7 Å². The number of amides is 1. The third-order valence-corrected chi connectivity index (χ3v) is 4.71. The van der Waals surface area contributed by atoms with Gasteiger partial charge in [0.05, 0.1) is 12.6 Å². The van der Waals surface area contributed by atoms with E-state index in [0.29, 0.717) is 26.1 Å². The first kappa shape index (κ1) is 16.5. The molecule has 2 N–H and O–H groups in total. The predicted molar refractivity (Wildman–Crippen MR) is 99.0 cm³/mol. The minimum atomic E-state index is -0.541.